The molecule has 88 valence electrons. The van der Waals surface area contributed by atoms with Crippen LogP contribution in [-0.4, -0.2) is 31.3 Å². The fraction of sp³-hybridized carbons (Fsp3) is 0.692. The molecule has 0 spiro atoms. The van der Waals surface area contributed by atoms with Gasteiger partial charge in [-0.2, -0.15) is 0 Å². The van der Waals surface area contributed by atoms with E-state index < -0.39 is 0 Å². The van der Waals surface area contributed by atoms with Gasteiger partial charge in [0, 0.05) is 13.0 Å². The molecule has 0 amide bonds. The third-order valence-corrected chi connectivity index (χ3v) is 3.63. The first-order valence-electron chi connectivity index (χ1n) is 6.31. The molecule has 0 radical (unpaired) electrons. The summed E-state index contributed by atoms with van der Waals surface area (Å²) in [4.78, 5) is 2.58. The lowest BCUT2D eigenvalue weighted by molar-refractivity contribution is 0.0710. The zero-order chi connectivity index (χ0) is 10.8. The number of allylic oxidation sites excluding steroid dienone is 2. The minimum Gasteiger partial charge on any atom is -0.458 e. The van der Waals surface area contributed by atoms with Crippen LogP contribution in [0.4, 0.5) is 0 Å². The molecule has 1 saturated heterocycles. The second kappa shape index (κ2) is 4.50. The summed E-state index contributed by atoms with van der Waals surface area (Å²) in [7, 11) is 0. The maximum absolute atomic E-state index is 5.46. The summed E-state index contributed by atoms with van der Waals surface area (Å²) in [6.07, 6.45) is 9.52. The van der Waals surface area contributed by atoms with Gasteiger partial charge < -0.3 is 14.4 Å². The summed E-state index contributed by atoms with van der Waals surface area (Å²) >= 11 is 0. The van der Waals surface area contributed by atoms with Gasteiger partial charge in [-0.3, -0.25) is 0 Å². The second-order valence-corrected chi connectivity index (χ2v) is 4.88. The van der Waals surface area contributed by atoms with E-state index in [2.05, 4.69) is 17.1 Å². The Labute approximate surface area is 96.7 Å². The topological polar surface area (TPSA) is 21.7 Å². The third-order valence-electron chi connectivity index (χ3n) is 3.63. The van der Waals surface area contributed by atoms with E-state index in [1.807, 2.05) is 0 Å². The molecule has 3 nitrogen and oxygen atoms in total. The Bertz CT molecular complexity index is 316. The van der Waals surface area contributed by atoms with E-state index in [0.717, 1.165) is 17.9 Å². The first kappa shape index (κ1) is 10.2. The van der Waals surface area contributed by atoms with Crippen LogP contribution < -0.4 is 0 Å². The van der Waals surface area contributed by atoms with Gasteiger partial charge in [0.15, 0.2) is 5.76 Å². The highest BCUT2D eigenvalue weighted by Gasteiger charge is 2.24. The van der Waals surface area contributed by atoms with Crippen LogP contribution in [0.2, 0.25) is 0 Å². The average molecular weight is 221 g/mol. The van der Waals surface area contributed by atoms with Crippen LogP contribution >= 0.6 is 0 Å². The Morgan fingerprint density at radius 2 is 2.06 bits per heavy atom. The Hall–Kier alpha value is -0.960. The Morgan fingerprint density at radius 3 is 2.94 bits per heavy atom. The normalized spacial score (nSPS) is 29.9. The van der Waals surface area contributed by atoms with Gasteiger partial charge in [-0.1, -0.05) is 12.5 Å². The van der Waals surface area contributed by atoms with Crippen molar-refractivity contribution in [2.75, 3.05) is 26.4 Å². The average Bonchev–Trinajstić information content (AvgIpc) is 2.77. The summed E-state index contributed by atoms with van der Waals surface area (Å²) in [5.41, 5.74) is 0. The van der Waals surface area contributed by atoms with Gasteiger partial charge in [0.2, 0.25) is 6.79 Å². The van der Waals surface area contributed by atoms with E-state index >= 15 is 0 Å². The first-order chi connectivity index (χ1) is 7.92. The van der Waals surface area contributed by atoms with Crippen molar-refractivity contribution in [3.63, 3.8) is 0 Å². The number of nitrogens with zero attached hydrogens (tertiary/aromatic N) is 1. The fourth-order valence-corrected chi connectivity index (χ4v) is 2.74. The van der Waals surface area contributed by atoms with Crippen molar-refractivity contribution >= 4 is 0 Å². The minimum absolute atomic E-state index is 0.408. The van der Waals surface area contributed by atoms with E-state index in [9.17, 15) is 0 Å². The molecule has 3 rings (SSSR count). The summed E-state index contributed by atoms with van der Waals surface area (Å²) < 4.78 is 10.8. The third kappa shape index (κ3) is 2.09. The van der Waals surface area contributed by atoms with E-state index in [4.69, 9.17) is 9.47 Å². The maximum atomic E-state index is 5.46. The van der Waals surface area contributed by atoms with Crippen LogP contribution in [0.1, 0.15) is 25.7 Å². The van der Waals surface area contributed by atoms with Gasteiger partial charge in [0.05, 0.1) is 0 Å². The van der Waals surface area contributed by atoms with Crippen molar-refractivity contribution in [2.24, 2.45) is 5.92 Å². The van der Waals surface area contributed by atoms with Crippen molar-refractivity contribution in [1.29, 1.82) is 0 Å². The van der Waals surface area contributed by atoms with Crippen molar-refractivity contribution in [3.05, 3.63) is 23.7 Å². The van der Waals surface area contributed by atoms with Gasteiger partial charge in [0.1, 0.15) is 5.76 Å². The summed E-state index contributed by atoms with van der Waals surface area (Å²) in [6, 6.07) is 0. The molecule has 0 saturated carbocycles. The largest absolute Gasteiger partial charge is 0.458 e. The molecule has 0 bridgehead atoms. The number of piperidine rings is 1. The second-order valence-electron chi connectivity index (χ2n) is 4.88. The van der Waals surface area contributed by atoms with Crippen molar-refractivity contribution in [2.45, 2.75) is 25.7 Å². The monoisotopic (exact) mass is 221 g/mol. The highest BCUT2D eigenvalue weighted by molar-refractivity contribution is 5.24. The van der Waals surface area contributed by atoms with Crippen LogP contribution in [-0.2, 0) is 9.47 Å². The predicted octanol–water partition coefficient (Wildman–Crippen LogP) is 2.26. The molecule has 1 atom stereocenters. The number of ether oxygens (including phenoxy) is 2. The molecule has 2 heterocycles. The molecule has 16 heavy (non-hydrogen) atoms. The zero-order valence-electron chi connectivity index (χ0n) is 9.65. The molecule has 0 aromatic rings. The van der Waals surface area contributed by atoms with Crippen molar-refractivity contribution in [3.8, 4) is 0 Å². The highest BCUT2D eigenvalue weighted by atomic mass is 16.7. The lowest BCUT2D eigenvalue weighted by atomic mass is 9.97. The van der Waals surface area contributed by atoms with Crippen LogP contribution in [0.15, 0.2) is 23.7 Å². The Morgan fingerprint density at radius 1 is 1.19 bits per heavy atom. The van der Waals surface area contributed by atoms with Crippen molar-refractivity contribution in [1.82, 2.24) is 4.90 Å². The van der Waals surface area contributed by atoms with E-state index in [1.54, 1.807) is 0 Å². The van der Waals surface area contributed by atoms with Gasteiger partial charge in [-0.25, -0.2) is 0 Å². The number of hydrogen-bond donors (Lipinski definition) is 0. The highest BCUT2D eigenvalue weighted by Crippen LogP contribution is 2.30. The first-order valence-corrected chi connectivity index (χ1v) is 6.31. The van der Waals surface area contributed by atoms with Gasteiger partial charge in [0.25, 0.3) is 0 Å². The minimum atomic E-state index is 0.408. The smallest absolute Gasteiger partial charge is 0.230 e. The molecule has 2 aliphatic heterocycles. The number of hydrogen-bond acceptors (Lipinski definition) is 3. The van der Waals surface area contributed by atoms with Crippen LogP contribution in [0, 0.1) is 5.92 Å². The number of rotatable bonds is 2. The quantitative estimate of drug-likeness (QED) is 0.714. The van der Waals surface area contributed by atoms with E-state index in [0.29, 0.717) is 12.7 Å². The molecule has 1 aliphatic carbocycles. The SMILES string of the molecule is C1=CC(CN2CCCCC2)CC2=C1OCO2. The Balaban J connectivity index is 1.55. The molecule has 0 aromatic heterocycles. The molecule has 3 heteroatoms. The molecule has 0 aromatic carbocycles. The summed E-state index contributed by atoms with van der Waals surface area (Å²) in [5, 5.41) is 0. The van der Waals surface area contributed by atoms with Crippen LogP contribution in [0.3, 0.4) is 0 Å². The van der Waals surface area contributed by atoms with Gasteiger partial charge in [-0.15, -0.1) is 0 Å². The van der Waals surface area contributed by atoms with Gasteiger partial charge in [-0.05, 0) is 37.9 Å². The molecule has 1 unspecified atom stereocenters. The maximum Gasteiger partial charge on any atom is 0.230 e. The van der Waals surface area contributed by atoms with Crippen LogP contribution in [0.5, 0.6) is 0 Å². The Kier molecular flexibility index (Phi) is 2.87. The molecular formula is C13H19NO2. The molecule has 3 aliphatic rings. The lowest BCUT2D eigenvalue weighted by Gasteiger charge is -2.30. The standard InChI is InChI=1S/C13H19NO2/c1-2-6-14(7-3-1)9-11-4-5-12-13(8-11)16-10-15-12/h4-5,11H,1-3,6-10H2. The molecule has 1 fully saturated rings. The molecule has 0 N–H and O–H groups in total. The van der Waals surface area contributed by atoms with Gasteiger partial charge >= 0.3 is 0 Å². The fourth-order valence-electron chi connectivity index (χ4n) is 2.74. The van der Waals surface area contributed by atoms with E-state index in [1.165, 1.54) is 38.9 Å². The summed E-state index contributed by atoms with van der Waals surface area (Å²) in [6.45, 7) is 4.13. The lowest BCUT2D eigenvalue weighted by Crippen LogP contribution is -2.34. The van der Waals surface area contributed by atoms with Crippen molar-refractivity contribution < 1.29 is 9.47 Å². The molecular weight excluding hydrogens is 202 g/mol. The van der Waals surface area contributed by atoms with E-state index in [-0.39, 0.29) is 0 Å². The van der Waals surface area contributed by atoms with Crippen LogP contribution in [0.25, 0.3) is 0 Å². The number of likely N-dealkylation sites (tertiary alicyclic amines) is 1. The zero-order valence-corrected chi connectivity index (χ0v) is 9.65. The summed E-state index contributed by atoms with van der Waals surface area (Å²) in [5.74, 6) is 2.62. The predicted molar refractivity (Wildman–Crippen MR) is 61.6 cm³/mol.